The van der Waals surface area contributed by atoms with Crippen molar-refractivity contribution in [1.29, 1.82) is 0 Å². The third-order valence-electron chi connectivity index (χ3n) is 5.48. The second kappa shape index (κ2) is 10.5. The maximum atomic E-state index is 13.3. The number of carbonyl (C=O) groups excluding carboxylic acids is 2. The van der Waals surface area contributed by atoms with E-state index in [0.717, 1.165) is 26.5 Å². The van der Waals surface area contributed by atoms with Gasteiger partial charge in [0.1, 0.15) is 5.75 Å². The summed E-state index contributed by atoms with van der Waals surface area (Å²) in [5.41, 5.74) is 3.12. The first-order valence-corrected chi connectivity index (χ1v) is 11.8. The van der Waals surface area contributed by atoms with Crippen LogP contribution in [0.2, 0.25) is 0 Å². The summed E-state index contributed by atoms with van der Waals surface area (Å²) >= 11 is 3.44. The maximum Gasteiger partial charge on any atom is 0.262 e. The Morgan fingerprint density at radius 1 is 0.941 bits per heavy atom. The molecule has 0 aliphatic heterocycles. The number of hydrogen-bond donors (Lipinski definition) is 1. The lowest BCUT2D eigenvalue weighted by atomic mass is 10.1. The molecule has 0 saturated carbocycles. The van der Waals surface area contributed by atoms with Crippen LogP contribution in [0.4, 0.5) is 11.4 Å². The molecule has 172 valence electrons. The lowest BCUT2D eigenvalue weighted by Gasteiger charge is -2.23. The van der Waals surface area contributed by atoms with Gasteiger partial charge < -0.3 is 15.0 Å². The van der Waals surface area contributed by atoms with Gasteiger partial charge in [-0.2, -0.15) is 0 Å². The van der Waals surface area contributed by atoms with Gasteiger partial charge >= 0.3 is 0 Å². The normalized spacial score (nSPS) is 10.7. The van der Waals surface area contributed by atoms with Gasteiger partial charge in [0.05, 0.1) is 10.2 Å². The average molecular weight is 517 g/mol. The molecule has 0 heterocycles. The molecule has 0 unspecified atom stereocenters. The number of carbonyl (C=O) groups is 2. The smallest absolute Gasteiger partial charge is 0.262 e. The third kappa shape index (κ3) is 5.29. The molecule has 1 N–H and O–H groups in total. The number of halogens is 1. The fourth-order valence-electron chi connectivity index (χ4n) is 3.78. The molecular weight excluding hydrogens is 492 g/mol. The average Bonchev–Trinajstić information content (AvgIpc) is 2.84. The molecule has 0 saturated heterocycles. The van der Waals surface area contributed by atoms with Crippen LogP contribution < -0.4 is 15.0 Å². The first-order valence-electron chi connectivity index (χ1n) is 11.0. The zero-order chi connectivity index (χ0) is 24.1. The number of fused-ring (bicyclic) bond motifs is 1. The summed E-state index contributed by atoms with van der Waals surface area (Å²) < 4.78 is 6.40. The Morgan fingerprint density at radius 3 is 2.41 bits per heavy atom. The topological polar surface area (TPSA) is 58.6 Å². The number of ether oxygens (including phenoxy) is 1. The fraction of sp³-hybridized carbons (Fsp3) is 0.143. The molecule has 0 bridgehead atoms. The Hall–Kier alpha value is -3.64. The van der Waals surface area contributed by atoms with E-state index in [2.05, 4.69) is 21.2 Å². The van der Waals surface area contributed by atoms with Gasteiger partial charge in [-0.3, -0.25) is 9.59 Å². The summed E-state index contributed by atoms with van der Waals surface area (Å²) in [4.78, 5) is 27.4. The van der Waals surface area contributed by atoms with Gasteiger partial charge in [-0.1, -0.05) is 42.5 Å². The minimum Gasteiger partial charge on any atom is -0.483 e. The molecule has 0 aromatic heterocycles. The molecule has 0 spiro atoms. The molecule has 0 fully saturated rings. The van der Waals surface area contributed by atoms with Crippen molar-refractivity contribution in [3.8, 4) is 5.75 Å². The Balaban J connectivity index is 1.43. The van der Waals surface area contributed by atoms with Crippen LogP contribution >= 0.6 is 15.9 Å². The molecule has 0 atom stereocenters. The van der Waals surface area contributed by atoms with Crippen LogP contribution in [0.15, 0.2) is 89.4 Å². The van der Waals surface area contributed by atoms with Gasteiger partial charge in [0.2, 0.25) is 0 Å². The predicted octanol–water partition coefficient (Wildman–Crippen LogP) is 6.59. The standard InChI is InChI=1S/C28H25BrN2O3/c1-3-31(25-10-6-8-20-7-4-5-9-23(20)25)28(33)21-12-14-22(15-13-21)30-27(32)18-34-26-16-11-19(2)17-24(26)29/h4-17H,3,18H2,1-2H3,(H,30,32). The summed E-state index contributed by atoms with van der Waals surface area (Å²) in [6.45, 7) is 4.36. The summed E-state index contributed by atoms with van der Waals surface area (Å²) in [6.07, 6.45) is 0. The molecule has 34 heavy (non-hydrogen) atoms. The van der Waals surface area contributed by atoms with Crippen LogP contribution in [0, 0.1) is 6.92 Å². The molecule has 2 amide bonds. The summed E-state index contributed by atoms with van der Waals surface area (Å²) in [7, 11) is 0. The molecular formula is C28H25BrN2O3. The number of rotatable bonds is 7. The van der Waals surface area contributed by atoms with Gasteiger partial charge in [0, 0.05) is 23.2 Å². The van der Waals surface area contributed by atoms with E-state index >= 15 is 0 Å². The Kier molecular flexibility index (Phi) is 7.28. The monoisotopic (exact) mass is 516 g/mol. The highest BCUT2D eigenvalue weighted by molar-refractivity contribution is 9.10. The first-order chi connectivity index (χ1) is 16.5. The Labute approximate surface area is 207 Å². The predicted molar refractivity (Wildman–Crippen MR) is 141 cm³/mol. The van der Waals surface area contributed by atoms with E-state index in [-0.39, 0.29) is 18.4 Å². The molecule has 5 nitrogen and oxygen atoms in total. The van der Waals surface area contributed by atoms with Gasteiger partial charge in [-0.05, 0) is 83.2 Å². The largest absolute Gasteiger partial charge is 0.483 e. The number of hydrogen-bond acceptors (Lipinski definition) is 3. The quantitative estimate of drug-likeness (QED) is 0.301. The van der Waals surface area contributed by atoms with Gasteiger partial charge in [-0.15, -0.1) is 0 Å². The fourth-order valence-corrected chi connectivity index (χ4v) is 4.39. The molecule has 0 aliphatic rings. The second-order valence-electron chi connectivity index (χ2n) is 7.90. The SMILES string of the molecule is CCN(C(=O)c1ccc(NC(=O)COc2ccc(C)cc2Br)cc1)c1cccc2ccccc12. The minimum atomic E-state index is -0.280. The van der Waals surface area contributed by atoms with Gasteiger partial charge in [0.25, 0.3) is 11.8 Å². The zero-order valence-corrected chi connectivity index (χ0v) is 20.6. The van der Waals surface area contributed by atoms with Crippen molar-refractivity contribution in [2.24, 2.45) is 0 Å². The summed E-state index contributed by atoms with van der Waals surface area (Å²) in [6, 6.07) is 26.6. The molecule has 4 aromatic carbocycles. The molecule has 0 aliphatic carbocycles. The highest BCUT2D eigenvalue weighted by Crippen LogP contribution is 2.28. The van der Waals surface area contributed by atoms with Crippen molar-refractivity contribution in [3.63, 3.8) is 0 Å². The van der Waals surface area contributed by atoms with Crippen molar-refractivity contribution in [2.75, 3.05) is 23.4 Å². The number of aryl methyl sites for hydroxylation is 1. The number of nitrogens with one attached hydrogen (secondary N) is 1. The van der Waals surface area contributed by atoms with E-state index in [9.17, 15) is 9.59 Å². The van der Waals surface area contributed by atoms with Crippen LogP contribution in [0.1, 0.15) is 22.8 Å². The van der Waals surface area contributed by atoms with Crippen LogP contribution in [0.3, 0.4) is 0 Å². The highest BCUT2D eigenvalue weighted by atomic mass is 79.9. The van der Waals surface area contributed by atoms with Crippen molar-refractivity contribution in [3.05, 3.63) is 101 Å². The van der Waals surface area contributed by atoms with E-state index in [1.807, 2.05) is 74.5 Å². The highest BCUT2D eigenvalue weighted by Gasteiger charge is 2.18. The zero-order valence-electron chi connectivity index (χ0n) is 19.0. The number of anilines is 2. The van der Waals surface area contributed by atoms with Crippen molar-refractivity contribution < 1.29 is 14.3 Å². The molecule has 0 radical (unpaired) electrons. The van der Waals surface area contributed by atoms with Crippen molar-refractivity contribution in [1.82, 2.24) is 0 Å². The lowest BCUT2D eigenvalue weighted by molar-refractivity contribution is -0.118. The minimum absolute atomic E-state index is 0.0933. The van der Waals surface area contributed by atoms with E-state index in [4.69, 9.17) is 4.74 Å². The van der Waals surface area contributed by atoms with E-state index < -0.39 is 0 Å². The van der Waals surface area contributed by atoms with Gasteiger partial charge in [0.15, 0.2) is 6.61 Å². The number of benzene rings is 4. The van der Waals surface area contributed by atoms with Crippen LogP contribution in [0.25, 0.3) is 10.8 Å². The first kappa shape index (κ1) is 23.5. The van der Waals surface area contributed by atoms with E-state index in [1.165, 1.54) is 0 Å². The molecule has 4 rings (SSSR count). The molecule has 4 aromatic rings. The van der Waals surface area contributed by atoms with Crippen LogP contribution in [-0.4, -0.2) is 25.0 Å². The third-order valence-corrected chi connectivity index (χ3v) is 6.10. The number of nitrogens with zero attached hydrogens (tertiary/aromatic N) is 1. The Bertz CT molecular complexity index is 1330. The van der Waals surface area contributed by atoms with Gasteiger partial charge in [-0.25, -0.2) is 0 Å². The van der Waals surface area contributed by atoms with E-state index in [1.54, 1.807) is 29.2 Å². The second-order valence-corrected chi connectivity index (χ2v) is 8.75. The summed E-state index contributed by atoms with van der Waals surface area (Å²) in [5.74, 6) is 0.233. The lowest BCUT2D eigenvalue weighted by Crippen LogP contribution is -2.30. The Morgan fingerprint density at radius 2 is 1.68 bits per heavy atom. The number of amides is 2. The van der Waals surface area contributed by atoms with E-state index in [0.29, 0.717) is 23.5 Å². The van der Waals surface area contributed by atoms with Crippen LogP contribution in [-0.2, 0) is 4.79 Å². The summed E-state index contributed by atoms with van der Waals surface area (Å²) in [5, 5.41) is 4.92. The van der Waals surface area contributed by atoms with Crippen LogP contribution in [0.5, 0.6) is 5.75 Å². The maximum absolute atomic E-state index is 13.3. The molecule has 6 heteroatoms. The van der Waals surface area contributed by atoms with Crippen molar-refractivity contribution >= 4 is 49.9 Å². The van der Waals surface area contributed by atoms with Crippen molar-refractivity contribution in [2.45, 2.75) is 13.8 Å².